The van der Waals surface area contributed by atoms with Gasteiger partial charge in [0.2, 0.25) is 0 Å². The van der Waals surface area contributed by atoms with Gasteiger partial charge < -0.3 is 9.13 Å². The first kappa shape index (κ1) is 21.1. The lowest BCUT2D eigenvalue weighted by Crippen LogP contribution is -1.94. The highest BCUT2D eigenvalue weighted by Crippen LogP contribution is 2.47. The molecule has 3 heterocycles. The van der Waals surface area contributed by atoms with E-state index < -0.39 is 0 Å². The third-order valence-electron chi connectivity index (χ3n) is 8.09. The summed E-state index contributed by atoms with van der Waals surface area (Å²) in [6.45, 7) is 0. The van der Waals surface area contributed by atoms with Crippen LogP contribution in [0, 0.1) is 0 Å². The lowest BCUT2D eigenvalue weighted by Gasteiger charge is -2.09. The van der Waals surface area contributed by atoms with Crippen molar-refractivity contribution < 1.29 is 0 Å². The standard InChI is InChI=1S/C36H22N2S/c1-3-12-24(13-4-1)37-30-18-10-9-17-27(30)35-34(37)29-21-20-28-32-26-16-8-7-11-23(26)19-22-31(32)38(33(28)36(29)39-35)25-14-5-2-6-15-25/h1-22H. The monoisotopic (exact) mass is 514 g/mol. The van der Waals surface area contributed by atoms with E-state index in [2.05, 4.69) is 143 Å². The molecule has 0 unspecified atom stereocenters. The number of hydrogen-bond acceptors (Lipinski definition) is 1. The molecule has 0 fully saturated rings. The van der Waals surface area contributed by atoms with Gasteiger partial charge in [0, 0.05) is 32.9 Å². The zero-order valence-electron chi connectivity index (χ0n) is 21.0. The summed E-state index contributed by atoms with van der Waals surface area (Å²) in [7, 11) is 0. The van der Waals surface area contributed by atoms with E-state index in [0.29, 0.717) is 0 Å². The van der Waals surface area contributed by atoms with Crippen LogP contribution in [0.15, 0.2) is 133 Å². The fraction of sp³-hybridized carbons (Fsp3) is 0. The van der Waals surface area contributed by atoms with Crippen LogP contribution < -0.4 is 0 Å². The maximum atomic E-state index is 2.48. The molecule has 9 aromatic rings. The number of fused-ring (bicyclic) bond motifs is 11. The molecule has 0 saturated heterocycles. The van der Waals surface area contributed by atoms with Gasteiger partial charge in [-0.25, -0.2) is 0 Å². The molecular formula is C36H22N2S. The molecular weight excluding hydrogens is 492 g/mol. The molecule has 182 valence electrons. The quantitative estimate of drug-likeness (QED) is 0.217. The van der Waals surface area contributed by atoms with Gasteiger partial charge in [0.25, 0.3) is 0 Å². The van der Waals surface area contributed by atoms with Crippen LogP contribution in [0.1, 0.15) is 0 Å². The predicted molar refractivity (Wildman–Crippen MR) is 168 cm³/mol. The Hall–Kier alpha value is -4.86. The maximum absolute atomic E-state index is 2.48. The molecule has 0 N–H and O–H groups in total. The van der Waals surface area contributed by atoms with Gasteiger partial charge in [0.1, 0.15) is 0 Å². The lowest BCUT2D eigenvalue weighted by molar-refractivity contribution is 1.18. The van der Waals surface area contributed by atoms with E-state index in [9.17, 15) is 0 Å². The van der Waals surface area contributed by atoms with E-state index in [1.165, 1.54) is 75.2 Å². The summed E-state index contributed by atoms with van der Waals surface area (Å²) in [5, 5.41) is 7.80. The molecule has 0 saturated carbocycles. The van der Waals surface area contributed by atoms with Crippen LogP contribution in [-0.4, -0.2) is 9.13 Å². The SMILES string of the molecule is c1ccc(-n2c3ccccc3c3sc4c(ccc5c6c7ccccc7ccc6n(-c6ccccc6)c54)c32)cc1. The summed E-state index contributed by atoms with van der Waals surface area (Å²) >= 11 is 1.92. The zero-order valence-corrected chi connectivity index (χ0v) is 21.8. The van der Waals surface area contributed by atoms with Crippen molar-refractivity contribution in [3.05, 3.63) is 133 Å². The maximum Gasteiger partial charge on any atom is 0.0728 e. The highest BCUT2D eigenvalue weighted by molar-refractivity contribution is 7.27. The van der Waals surface area contributed by atoms with Crippen molar-refractivity contribution in [3.63, 3.8) is 0 Å². The molecule has 2 nitrogen and oxygen atoms in total. The molecule has 0 radical (unpaired) electrons. The molecule has 3 heteroatoms. The minimum Gasteiger partial charge on any atom is -0.308 e. The van der Waals surface area contributed by atoms with Crippen molar-refractivity contribution in [3.8, 4) is 11.4 Å². The van der Waals surface area contributed by atoms with Gasteiger partial charge in [-0.05, 0) is 47.2 Å². The highest BCUT2D eigenvalue weighted by Gasteiger charge is 2.22. The second-order valence-electron chi connectivity index (χ2n) is 10.2. The molecule has 0 amide bonds. The Kier molecular flexibility index (Phi) is 4.24. The molecule has 0 atom stereocenters. The van der Waals surface area contributed by atoms with E-state index in [1.807, 2.05) is 11.3 Å². The molecule has 9 rings (SSSR count). The minimum atomic E-state index is 1.19. The van der Waals surface area contributed by atoms with Gasteiger partial charge in [-0.1, -0.05) is 97.1 Å². The van der Waals surface area contributed by atoms with Gasteiger partial charge in [0.15, 0.2) is 0 Å². The van der Waals surface area contributed by atoms with Gasteiger partial charge in [-0.3, -0.25) is 0 Å². The van der Waals surface area contributed by atoms with Crippen LogP contribution in [0.4, 0.5) is 0 Å². The summed E-state index contributed by atoms with van der Waals surface area (Å²) in [5.74, 6) is 0. The third kappa shape index (κ3) is 2.80. The van der Waals surface area contributed by atoms with Crippen molar-refractivity contribution in [2.75, 3.05) is 0 Å². The van der Waals surface area contributed by atoms with Crippen molar-refractivity contribution in [1.82, 2.24) is 9.13 Å². The number of nitrogens with zero attached hydrogens (tertiary/aromatic N) is 2. The third-order valence-corrected chi connectivity index (χ3v) is 9.32. The van der Waals surface area contributed by atoms with Crippen molar-refractivity contribution in [1.29, 1.82) is 0 Å². The number of aromatic nitrogens is 2. The van der Waals surface area contributed by atoms with Crippen LogP contribution in [0.25, 0.3) is 75.2 Å². The lowest BCUT2D eigenvalue weighted by atomic mass is 10.0. The number of thiophene rings is 1. The van der Waals surface area contributed by atoms with E-state index in [-0.39, 0.29) is 0 Å². The van der Waals surface area contributed by atoms with Crippen LogP contribution in [0.3, 0.4) is 0 Å². The van der Waals surface area contributed by atoms with Gasteiger partial charge >= 0.3 is 0 Å². The summed E-state index contributed by atoms with van der Waals surface area (Å²) in [4.78, 5) is 0. The average Bonchev–Trinajstić information content (AvgIpc) is 3.65. The Morgan fingerprint density at radius 2 is 0.949 bits per heavy atom. The smallest absolute Gasteiger partial charge is 0.0728 e. The Labute approximate surface area is 228 Å². The number of benzene rings is 6. The summed E-state index contributed by atoms with van der Waals surface area (Å²) in [6, 6.07) is 48.4. The van der Waals surface area contributed by atoms with Gasteiger partial charge in [0.05, 0.1) is 31.5 Å². The molecule has 0 spiro atoms. The van der Waals surface area contributed by atoms with Crippen LogP contribution in [-0.2, 0) is 0 Å². The summed E-state index contributed by atoms with van der Waals surface area (Å²) in [6.07, 6.45) is 0. The van der Waals surface area contributed by atoms with Gasteiger partial charge in [-0.2, -0.15) is 0 Å². The molecule has 3 aromatic heterocycles. The Morgan fingerprint density at radius 1 is 0.385 bits per heavy atom. The fourth-order valence-corrected chi connectivity index (χ4v) is 7.84. The molecule has 0 aliphatic carbocycles. The highest BCUT2D eigenvalue weighted by atomic mass is 32.1. The Morgan fingerprint density at radius 3 is 1.72 bits per heavy atom. The Balaban J connectivity index is 1.54. The number of rotatable bonds is 2. The average molecular weight is 515 g/mol. The van der Waals surface area contributed by atoms with E-state index >= 15 is 0 Å². The zero-order chi connectivity index (χ0) is 25.5. The van der Waals surface area contributed by atoms with Gasteiger partial charge in [-0.15, -0.1) is 11.3 Å². The topological polar surface area (TPSA) is 9.86 Å². The fourth-order valence-electron chi connectivity index (χ4n) is 6.48. The van der Waals surface area contributed by atoms with Crippen LogP contribution in [0.2, 0.25) is 0 Å². The van der Waals surface area contributed by atoms with E-state index in [0.717, 1.165) is 0 Å². The van der Waals surface area contributed by atoms with Crippen molar-refractivity contribution in [2.45, 2.75) is 0 Å². The number of hydrogen-bond donors (Lipinski definition) is 0. The second kappa shape index (κ2) is 7.83. The molecule has 0 aliphatic heterocycles. The minimum absolute atomic E-state index is 1.19. The first-order chi connectivity index (χ1) is 19.4. The first-order valence-electron chi connectivity index (χ1n) is 13.3. The van der Waals surface area contributed by atoms with Crippen molar-refractivity contribution >= 4 is 75.1 Å². The van der Waals surface area contributed by atoms with E-state index in [1.54, 1.807) is 0 Å². The molecule has 0 aliphatic rings. The van der Waals surface area contributed by atoms with Crippen molar-refractivity contribution in [2.24, 2.45) is 0 Å². The second-order valence-corrected chi connectivity index (χ2v) is 11.2. The van der Waals surface area contributed by atoms with Crippen LogP contribution >= 0.6 is 11.3 Å². The Bertz CT molecular complexity index is 2370. The normalized spacial score (nSPS) is 12.1. The summed E-state index contributed by atoms with van der Waals surface area (Å²) < 4.78 is 7.59. The number of para-hydroxylation sites is 3. The summed E-state index contributed by atoms with van der Waals surface area (Å²) in [5.41, 5.74) is 7.46. The predicted octanol–water partition coefficient (Wildman–Crippen LogP) is 10.2. The van der Waals surface area contributed by atoms with E-state index in [4.69, 9.17) is 0 Å². The van der Waals surface area contributed by atoms with Crippen LogP contribution in [0.5, 0.6) is 0 Å². The molecule has 39 heavy (non-hydrogen) atoms. The molecule has 6 aromatic carbocycles. The largest absolute Gasteiger partial charge is 0.308 e. The first-order valence-corrected chi connectivity index (χ1v) is 14.1. The molecule has 0 bridgehead atoms.